The number of halogens is 2. The highest BCUT2D eigenvalue weighted by molar-refractivity contribution is 7.89. The Morgan fingerprint density at radius 2 is 2.00 bits per heavy atom. The molecular formula is C12H15Cl2NO5S. The molecule has 1 atom stereocenters. The maximum atomic E-state index is 12.2. The molecule has 1 rings (SSSR count). The molecule has 2 N–H and O–H groups in total. The first kappa shape index (κ1) is 18.0. The van der Waals surface area contributed by atoms with Crippen LogP contribution >= 0.6 is 23.2 Å². The lowest BCUT2D eigenvalue weighted by atomic mass is 10.2. The summed E-state index contributed by atoms with van der Waals surface area (Å²) < 4.78 is 31.5. The minimum absolute atomic E-state index is 0.0599. The number of sulfonamides is 1. The molecule has 0 bridgehead atoms. The number of hydrogen-bond acceptors (Lipinski definition) is 4. The van der Waals surface area contributed by atoms with Crippen molar-refractivity contribution >= 4 is 39.2 Å². The van der Waals surface area contributed by atoms with E-state index in [0.29, 0.717) is 6.42 Å². The summed E-state index contributed by atoms with van der Waals surface area (Å²) >= 11 is 11.8. The van der Waals surface area contributed by atoms with Gasteiger partial charge in [-0.3, -0.25) is 4.79 Å². The Morgan fingerprint density at radius 3 is 2.48 bits per heavy atom. The van der Waals surface area contributed by atoms with Crippen LogP contribution in [0.15, 0.2) is 17.0 Å². The third-order valence-corrected chi connectivity index (χ3v) is 4.90. The molecule has 0 amide bonds. The number of methoxy groups -OCH3 is 1. The molecule has 0 aliphatic heterocycles. The highest BCUT2D eigenvalue weighted by Crippen LogP contribution is 2.33. The van der Waals surface area contributed by atoms with Gasteiger partial charge >= 0.3 is 5.97 Å². The molecule has 6 nitrogen and oxygen atoms in total. The van der Waals surface area contributed by atoms with E-state index in [1.165, 1.54) is 13.2 Å². The van der Waals surface area contributed by atoms with E-state index in [0.717, 1.165) is 6.07 Å². The maximum absolute atomic E-state index is 12.2. The van der Waals surface area contributed by atoms with E-state index in [1.807, 2.05) is 0 Å². The number of nitrogens with one attached hydrogen (secondary N) is 1. The van der Waals surface area contributed by atoms with Crippen molar-refractivity contribution in [3.8, 4) is 5.75 Å². The largest absolute Gasteiger partial charge is 0.495 e. The van der Waals surface area contributed by atoms with Crippen LogP contribution in [0.3, 0.4) is 0 Å². The van der Waals surface area contributed by atoms with Gasteiger partial charge in [-0.05, 0) is 12.5 Å². The van der Waals surface area contributed by atoms with Crippen molar-refractivity contribution in [2.24, 2.45) is 0 Å². The Kier molecular flexibility index (Phi) is 6.27. The van der Waals surface area contributed by atoms with E-state index < -0.39 is 22.0 Å². The van der Waals surface area contributed by atoms with Crippen LogP contribution in [-0.2, 0) is 14.8 Å². The van der Waals surface area contributed by atoms with Crippen LogP contribution in [0.2, 0.25) is 10.0 Å². The molecule has 0 aromatic heterocycles. The van der Waals surface area contributed by atoms with Gasteiger partial charge in [0.15, 0.2) is 0 Å². The maximum Gasteiger partial charge on any atom is 0.321 e. The average molecular weight is 356 g/mol. The van der Waals surface area contributed by atoms with Gasteiger partial charge in [0, 0.05) is 6.07 Å². The summed E-state index contributed by atoms with van der Waals surface area (Å²) in [5.74, 6) is -1.03. The van der Waals surface area contributed by atoms with Crippen LogP contribution < -0.4 is 9.46 Å². The Labute approximate surface area is 133 Å². The molecule has 0 spiro atoms. The fourth-order valence-electron chi connectivity index (χ4n) is 1.64. The molecule has 0 aliphatic carbocycles. The molecule has 0 heterocycles. The van der Waals surface area contributed by atoms with E-state index in [4.69, 9.17) is 33.0 Å². The third kappa shape index (κ3) is 4.47. The van der Waals surface area contributed by atoms with Crippen molar-refractivity contribution in [2.75, 3.05) is 7.11 Å². The number of carboxylic acids is 1. The molecule has 0 saturated carbocycles. The molecule has 1 aromatic carbocycles. The number of hydrogen-bond donors (Lipinski definition) is 2. The first-order valence-corrected chi connectivity index (χ1v) is 8.25. The van der Waals surface area contributed by atoms with Crippen LogP contribution in [0.25, 0.3) is 0 Å². The normalized spacial score (nSPS) is 13.0. The number of ether oxygens (including phenoxy) is 1. The molecule has 1 unspecified atom stereocenters. The number of rotatable bonds is 7. The zero-order valence-corrected chi connectivity index (χ0v) is 13.7. The minimum atomic E-state index is -4.11. The van der Waals surface area contributed by atoms with Gasteiger partial charge < -0.3 is 9.84 Å². The van der Waals surface area contributed by atoms with Crippen LogP contribution in [0.4, 0.5) is 0 Å². The highest BCUT2D eigenvalue weighted by atomic mass is 35.5. The number of carboxylic acid groups (broad SMARTS) is 1. The van der Waals surface area contributed by atoms with Crippen molar-refractivity contribution < 1.29 is 23.1 Å². The quantitative estimate of drug-likeness (QED) is 0.783. The summed E-state index contributed by atoms with van der Waals surface area (Å²) in [5.41, 5.74) is 0. The predicted molar refractivity (Wildman–Crippen MR) is 79.7 cm³/mol. The zero-order valence-electron chi connectivity index (χ0n) is 11.4. The highest BCUT2D eigenvalue weighted by Gasteiger charge is 2.27. The van der Waals surface area contributed by atoms with Gasteiger partial charge in [0.2, 0.25) is 10.0 Å². The van der Waals surface area contributed by atoms with Gasteiger partial charge in [-0.25, -0.2) is 8.42 Å². The van der Waals surface area contributed by atoms with E-state index in [2.05, 4.69) is 4.72 Å². The van der Waals surface area contributed by atoms with E-state index >= 15 is 0 Å². The van der Waals surface area contributed by atoms with Crippen molar-refractivity contribution in [1.29, 1.82) is 0 Å². The Balaban J connectivity index is 3.19. The summed E-state index contributed by atoms with van der Waals surface area (Å²) in [6.45, 7) is 1.75. The fourth-order valence-corrected chi connectivity index (χ4v) is 3.72. The third-order valence-electron chi connectivity index (χ3n) is 2.67. The van der Waals surface area contributed by atoms with E-state index in [1.54, 1.807) is 6.92 Å². The molecule has 0 aliphatic rings. The Bertz CT molecular complexity index is 633. The number of aliphatic carboxylic acids is 1. The molecule has 21 heavy (non-hydrogen) atoms. The molecule has 9 heteroatoms. The average Bonchev–Trinajstić information content (AvgIpc) is 2.39. The van der Waals surface area contributed by atoms with Gasteiger partial charge in [0.05, 0.1) is 17.2 Å². The Morgan fingerprint density at radius 1 is 1.38 bits per heavy atom. The number of benzene rings is 1. The first-order valence-electron chi connectivity index (χ1n) is 6.01. The lowest BCUT2D eigenvalue weighted by Crippen LogP contribution is -2.40. The predicted octanol–water partition coefficient (Wildman–Crippen LogP) is 2.53. The van der Waals surface area contributed by atoms with Crippen molar-refractivity contribution in [2.45, 2.75) is 30.7 Å². The second kappa shape index (κ2) is 7.31. The van der Waals surface area contributed by atoms with Gasteiger partial charge in [-0.2, -0.15) is 4.72 Å². The van der Waals surface area contributed by atoms with E-state index in [-0.39, 0.29) is 27.1 Å². The van der Waals surface area contributed by atoms with Gasteiger partial charge in [-0.15, -0.1) is 0 Å². The second-order valence-corrected chi connectivity index (χ2v) is 6.71. The Hall–Kier alpha value is -1.02. The summed E-state index contributed by atoms with van der Waals surface area (Å²) in [4.78, 5) is 10.8. The smallest absolute Gasteiger partial charge is 0.321 e. The zero-order chi connectivity index (χ0) is 16.2. The molecule has 1 aromatic rings. The lowest BCUT2D eigenvalue weighted by Gasteiger charge is -2.15. The topological polar surface area (TPSA) is 92.7 Å². The molecule has 0 fully saturated rings. The van der Waals surface area contributed by atoms with Crippen molar-refractivity contribution in [3.63, 3.8) is 0 Å². The second-order valence-electron chi connectivity index (χ2n) is 4.22. The molecule has 0 saturated heterocycles. The molecule has 0 radical (unpaired) electrons. The lowest BCUT2D eigenvalue weighted by molar-refractivity contribution is -0.139. The first-order chi connectivity index (χ1) is 9.72. The van der Waals surface area contributed by atoms with Crippen LogP contribution in [0, 0.1) is 0 Å². The van der Waals surface area contributed by atoms with Gasteiger partial charge in [0.1, 0.15) is 16.7 Å². The van der Waals surface area contributed by atoms with Crippen molar-refractivity contribution in [3.05, 3.63) is 22.2 Å². The summed E-state index contributed by atoms with van der Waals surface area (Å²) in [5, 5.41) is 8.97. The number of carbonyl (C=O) groups is 1. The minimum Gasteiger partial charge on any atom is -0.495 e. The van der Waals surface area contributed by atoms with Gasteiger partial charge in [0.25, 0.3) is 0 Å². The monoisotopic (exact) mass is 355 g/mol. The van der Waals surface area contributed by atoms with Crippen molar-refractivity contribution in [1.82, 2.24) is 4.72 Å². The molecule has 118 valence electrons. The van der Waals surface area contributed by atoms with Crippen LogP contribution in [0.1, 0.15) is 19.8 Å². The van der Waals surface area contributed by atoms with Crippen LogP contribution in [0.5, 0.6) is 5.75 Å². The van der Waals surface area contributed by atoms with Crippen LogP contribution in [-0.4, -0.2) is 32.6 Å². The summed E-state index contributed by atoms with van der Waals surface area (Å²) in [6.07, 6.45) is 0.673. The summed E-state index contributed by atoms with van der Waals surface area (Å²) in [6, 6.07) is 1.15. The SMILES string of the molecule is CCCC(NS(=O)(=O)c1cc(Cl)c(OC)cc1Cl)C(=O)O. The van der Waals surface area contributed by atoms with E-state index in [9.17, 15) is 13.2 Å². The summed E-state index contributed by atoms with van der Waals surface area (Å²) in [7, 11) is -2.74. The van der Waals surface area contributed by atoms with Gasteiger partial charge in [-0.1, -0.05) is 36.5 Å². The molecular weight excluding hydrogens is 341 g/mol. The fraction of sp³-hybridized carbons (Fsp3) is 0.417. The standard InChI is InChI=1S/C12H15Cl2NO5S/c1-3-4-9(12(16)17)15-21(18,19)11-6-7(13)10(20-2)5-8(11)14/h5-6,9,15H,3-4H2,1-2H3,(H,16,17).